The number of hydrogen-bond acceptors (Lipinski definition) is 5. The Balaban J connectivity index is 0.000000151. The number of oxazole rings is 1. The van der Waals surface area contributed by atoms with E-state index in [2.05, 4.69) is 4.98 Å². The lowest BCUT2D eigenvalue weighted by atomic mass is 10.1. The largest absolute Gasteiger partial charge is 0.447 e. The van der Waals surface area contributed by atoms with Crippen LogP contribution >= 0.6 is 22.9 Å². The van der Waals surface area contributed by atoms with Gasteiger partial charge in [-0.1, -0.05) is 17.7 Å². The van der Waals surface area contributed by atoms with Crippen LogP contribution in [0.5, 0.6) is 0 Å². The molecule has 136 valence electrons. The van der Waals surface area contributed by atoms with Gasteiger partial charge in [-0.3, -0.25) is 0 Å². The van der Waals surface area contributed by atoms with E-state index in [0.29, 0.717) is 6.61 Å². The summed E-state index contributed by atoms with van der Waals surface area (Å²) in [6, 6.07) is 7.07. The summed E-state index contributed by atoms with van der Waals surface area (Å²) in [5.74, 6) is -0.370. The Bertz CT molecular complexity index is 882. The Labute approximate surface area is 159 Å². The summed E-state index contributed by atoms with van der Waals surface area (Å²) in [5.41, 5.74) is 1.51. The highest BCUT2D eigenvalue weighted by atomic mass is 35.5. The molecule has 0 atom stereocenters. The van der Waals surface area contributed by atoms with Gasteiger partial charge in [-0.25, -0.2) is 19.1 Å². The molecule has 4 rings (SSSR count). The highest BCUT2D eigenvalue weighted by Gasteiger charge is 2.43. The van der Waals surface area contributed by atoms with Crippen molar-refractivity contribution < 1.29 is 18.3 Å². The van der Waals surface area contributed by atoms with Crippen LogP contribution in [0.4, 0.5) is 15.2 Å². The van der Waals surface area contributed by atoms with E-state index in [4.69, 9.17) is 20.8 Å². The maximum Gasteiger partial charge on any atom is 0.418 e. The highest BCUT2D eigenvalue weighted by Crippen LogP contribution is 2.28. The molecule has 1 aromatic carbocycles. The quantitative estimate of drug-likeness (QED) is 0.566. The molecule has 1 saturated heterocycles. The normalized spacial score (nSPS) is 15.4. The van der Waals surface area contributed by atoms with Crippen molar-refractivity contribution in [2.24, 2.45) is 0 Å². The average Bonchev–Trinajstić information content (AvgIpc) is 3.33. The zero-order chi connectivity index (χ0) is 18.7. The molecule has 1 fully saturated rings. The number of amides is 1. The smallest absolute Gasteiger partial charge is 0.418 e. The SMILES string of the molecule is CC1(C)COC(=O)N1c1ncco1.Fc1cc(-c2ccsc2)ccc1Cl. The van der Waals surface area contributed by atoms with E-state index < -0.39 is 6.09 Å². The highest BCUT2D eigenvalue weighted by molar-refractivity contribution is 7.08. The fourth-order valence-corrected chi connectivity index (χ4v) is 3.16. The summed E-state index contributed by atoms with van der Waals surface area (Å²) < 4.78 is 23.0. The Morgan fingerprint density at radius 3 is 2.65 bits per heavy atom. The van der Waals surface area contributed by atoms with Gasteiger partial charge in [-0.2, -0.15) is 11.3 Å². The molecule has 3 heterocycles. The first kappa shape index (κ1) is 18.4. The summed E-state index contributed by atoms with van der Waals surface area (Å²) >= 11 is 7.16. The van der Waals surface area contributed by atoms with Crippen molar-refractivity contribution in [2.75, 3.05) is 11.5 Å². The number of carbonyl (C=O) groups is 1. The predicted octanol–water partition coefficient (Wildman–Crippen LogP) is 5.62. The predicted molar refractivity (Wildman–Crippen MR) is 99.1 cm³/mol. The molecule has 2 aromatic heterocycles. The number of ether oxygens (including phenoxy) is 1. The Morgan fingerprint density at radius 2 is 2.12 bits per heavy atom. The molecular weight excluding hydrogens is 379 g/mol. The number of hydrogen-bond donors (Lipinski definition) is 0. The molecule has 0 N–H and O–H groups in total. The molecule has 0 spiro atoms. The first-order valence-electron chi connectivity index (χ1n) is 7.72. The van der Waals surface area contributed by atoms with Gasteiger partial charge in [0.05, 0.1) is 16.8 Å². The topological polar surface area (TPSA) is 55.6 Å². The van der Waals surface area contributed by atoms with Crippen LogP contribution in [0.2, 0.25) is 5.02 Å². The molecule has 1 amide bonds. The van der Waals surface area contributed by atoms with Gasteiger partial charge in [0.2, 0.25) is 0 Å². The van der Waals surface area contributed by atoms with Crippen molar-refractivity contribution in [1.82, 2.24) is 4.98 Å². The summed E-state index contributed by atoms with van der Waals surface area (Å²) in [7, 11) is 0. The van der Waals surface area contributed by atoms with Crippen molar-refractivity contribution in [1.29, 1.82) is 0 Å². The van der Waals surface area contributed by atoms with Crippen LogP contribution in [0.25, 0.3) is 11.1 Å². The molecule has 0 aliphatic carbocycles. The number of aromatic nitrogens is 1. The van der Waals surface area contributed by atoms with Crippen LogP contribution in [0.3, 0.4) is 0 Å². The van der Waals surface area contributed by atoms with E-state index in [1.54, 1.807) is 17.4 Å². The van der Waals surface area contributed by atoms with Crippen molar-refractivity contribution in [3.63, 3.8) is 0 Å². The van der Waals surface area contributed by atoms with E-state index in [1.165, 1.54) is 23.4 Å². The molecule has 26 heavy (non-hydrogen) atoms. The minimum atomic E-state index is -0.410. The van der Waals surface area contributed by atoms with Crippen LogP contribution in [-0.2, 0) is 4.74 Å². The molecule has 0 radical (unpaired) electrons. The lowest BCUT2D eigenvalue weighted by Gasteiger charge is -2.23. The van der Waals surface area contributed by atoms with Crippen LogP contribution in [0, 0.1) is 5.82 Å². The van der Waals surface area contributed by atoms with Gasteiger partial charge in [0.1, 0.15) is 18.7 Å². The number of cyclic esters (lactones) is 1. The molecule has 3 aromatic rings. The number of benzene rings is 1. The maximum absolute atomic E-state index is 13.0. The molecule has 5 nitrogen and oxygen atoms in total. The fraction of sp³-hybridized carbons (Fsp3) is 0.222. The summed E-state index contributed by atoms with van der Waals surface area (Å²) in [5, 5.41) is 4.10. The summed E-state index contributed by atoms with van der Waals surface area (Å²) in [6.45, 7) is 4.14. The zero-order valence-electron chi connectivity index (χ0n) is 14.1. The van der Waals surface area contributed by atoms with E-state index in [0.717, 1.165) is 11.1 Å². The lowest BCUT2D eigenvalue weighted by molar-refractivity contribution is 0.175. The molecule has 0 unspecified atom stereocenters. The van der Waals surface area contributed by atoms with E-state index in [1.807, 2.05) is 36.7 Å². The van der Waals surface area contributed by atoms with Gasteiger partial charge in [-0.15, -0.1) is 0 Å². The minimum absolute atomic E-state index is 0.166. The molecule has 0 bridgehead atoms. The third kappa shape index (κ3) is 3.89. The summed E-state index contributed by atoms with van der Waals surface area (Å²) in [4.78, 5) is 16.6. The summed E-state index contributed by atoms with van der Waals surface area (Å²) in [6.07, 6.45) is 2.51. The van der Waals surface area contributed by atoms with Crippen LogP contribution < -0.4 is 4.90 Å². The fourth-order valence-electron chi connectivity index (χ4n) is 2.38. The second-order valence-corrected chi connectivity index (χ2v) is 7.35. The molecule has 1 aliphatic rings. The van der Waals surface area contributed by atoms with Gasteiger partial charge >= 0.3 is 12.1 Å². The molecule has 8 heteroatoms. The van der Waals surface area contributed by atoms with E-state index >= 15 is 0 Å². The second kappa shape index (κ2) is 7.47. The maximum atomic E-state index is 13.0. The van der Waals surface area contributed by atoms with Crippen molar-refractivity contribution >= 4 is 35.0 Å². The number of thiophene rings is 1. The van der Waals surface area contributed by atoms with Gasteiger partial charge in [0, 0.05) is 0 Å². The second-order valence-electron chi connectivity index (χ2n) is 6.16. The van der Waals surface area contributed by atoms with E-state index in [-0.39, 0.29) is 22.4 Å². The number of halogens is 2. The standard InChI is InChI=1S/C10H6ClFS.C8H10N2O3/c11-9-2-1-7(5-10(9)12)8-3-4-13-6-8;1-8(2)5-13-7(11)10(8)6-9-3-4-12-6/h1-6H;3-4H,5H2,1-2H3. The van der Waals surface area contributed by atoms with Crippen LogP contribution in [-0.4, -0.2) is 23.2 Å². The van der Waals surface area contributed by atoms with E-state index in [9.17, 15) is 9.18 Å². The lowest BCUT2D eigenvalue weighted by Crippen LogP contribution is -2.42. The number of anilines is 1. The Morgan fingerprint density at radius 1 is 1.31 bits per heavy atom. The molecule has 0 saturated carbocycles. The van der Waals surface area contributed by atoms with Crippen LogP contribution in [0.1, 0.15) is 13.8 Å². The minimum Gasteiger partial charge on any atom is -0.447 e. The monoisotopic (exact) mass is 394 g/mol. The average molecular weight is 395 g/mol. The van der Waals surface area contributed by atoms with Gasteiger partial charge in [0.25, 0.3) is 0 Å². The Hall–Kier alpha value is -2.38. The van der Waals surface area contributed by atoms with Crippen LogP contribution in [0.15, 0.2) is 51.9 Å². The number of rotatable bonds is 2. The zero-order valence-corrected chi connectivity index (χ0v) is 15.7. The first-order chi connectivity index (χ1) is 12.4. The van der Waals surface area contributed by atoms with Gasteiger partial charge < -0.3 is 9.15 Å². The number of nitrogens with zero attached hydrogens (tertiary/aromatic N) is 2. The third-order valence-corrected chi connectivity index (χ3v) is 4.71. The van der Waals surface area contributed by atoms with Crippen molar-refractivity contribution in [3.8, 4) is 11.1 Å². The first-order valence-corrected chi connectivity index (χ1v) is 9.05. The van der Waals surface area contributed by atoms with Crippen molar-refractivity contribution in [3.05, 3.63) is 58.3 Å². The molecule has 1 aliphatic heterocycles. The van der Waals surface area contributed by atoms with Gasteiger partial charge in [-0.05, 0) is 53.9 Å². The number of carbonyl (C=O) groups excluding carboxylic acids is 1. The van der Waals surface area contributed by atoms with Crippen molar-refractivity contribution in [2.45, 2.75) is 19.4 Å². The molecular formula is C18H16ClFN2O3S. The van der Waals surface area contributed by atoms with Gasteiger partial charge in [0.15, 0.2) is 0 Å². The Kier molecular flexibility index (Phi) is 5.29. The third-order valence-electron chi connectivity index (χ3n) is 3.72.